The van der Waals surface area contributed by atoms with E-state index in [0.717, 1.165) is 17.0 Å². The summed E-state index contributed by atoms with van der Waals surface area (Å²) >= 11 is 0. The number of rotatable bonds is 4. The third kappa shape index (κ3) is 4.10. The van der Waals surface area contributed by atoms with Crippen molar-refractivity contribution in [2.24, 2.45) is 5.10 Å². The van der Waals surface area contributed by atoms with Crippen molar-refractivity contribution in [3.8, 4) is 0 Å². The number of methoxy groups -OCH3 is 1. The molecular weight excluding hydrogens is 268 g/mol. The molecule has 0 aliphatic rings. The molecule has 21 heavy (non-hydrogen) atoms. The van der Waals surface area contributed by atoms with Crippen LogP contribution in [0.2, 0.25) is 0 Å². The van der Waals surface area contributed by atoms with E-state index in [-0.39, 0.29) is 5.97 Å². The fourth-order valence-electron chi connectivity index (χ4n) is 1.76. The number of ether oxygens (including phenoxy) is 1. The minimum absolute atomic E-state index is 0.361. The molecule has 0 aliphatic heterocycles. The topological polar surface area (TPSA) is 76.5 Å². The van der Waals surface area contributed by atoms with E-state index in [1.165, 1.54) is 7.11 Å². The van der Waals surface area contributed by atoms with Gasteiger partial charge >= 0.3 is 5.97 Å². The van der Waals surface area contributed by atoms with Crippen molar-refractivity contribution in [1.82, 2.24) is 9.97 Å². The van der Waals surface area contributed by atoms with Crippen molar-refractivity contribution in [2.45, 2.75) is 13.8 Å². The Labute approximate surface area is 122 Å². The van der Waals surface area contributed by atoms with Crippen LogP contribution < -0.4 is 5.43 Å². The first-order chi connectivity index (χ1) is 10.1. The molecular formula is C15H16N4O2. The van der Waals surface area contributed by atoms with Crippen molar-refractivity contribution >= 4 is 18.1 Å². The maximum Gasteiger partial charge on any atom is 0.337 e. The zero-order valence-corrected chi connectivity index (χ0v) is 12.1. The molecule has 1 N–H and O–H groups in total. The molecule has 0 atom stereocenters. The molecule has 0 amide bonds. The van der Waals surface area contributed by atoms with Crippen LogP contribution in [-0.2, 0) is 4.74 Å². The number of hydrazone groups is 1. The quantitative estimate of drug-likeness (QED) is 0.529. The number of nitrogens with zero attached hydrogens (tertiary/aromatic N) is 3. The Morgan fingerprint density at radius 2 is 1.81 bits per heavy atom. The second-order valence-corrected chi connectivity index (χ2v) is 4.46. The summed E-state index contributed by atoms with van der Waals surface area (Å²) in [6, 6.07) is 8.81. The lowest BCUT2D eigenvalue weighted by molar-refractivity contribution is 0.0600. The lowest BCUT2D eigenvalue weighted by Crippen LogP contribution is -2.01. The molecule has 2 aromatic rings. The number of anilines is 1. The standard InChI is InChI=1S/C15H16N4O2/c1-10-8-11(2)18-15(17-10)19-16-9-12-4-6-13(7-5-12)14(20)21-3/h4-9H,1-3H3,(H,17,18,19)/b16-9+. The van der Waals surface area contributed by atoms with E-state index in [0.29, 0.717) is 11.5 Å². The van der Waals surface area contributed by atoms with Crippen LogP contribution in [0.5, 0.6) is 0 Å². The number of carbonyl (C=O) groups excluding carboxylic acids is 1. The molecule has 1 aromatic heterocycles. The molecule has 1 aromatic carbocycles. The van der Waals surface area contributed by atoms with Crippen LogP contribution in [0, 0.1) is 13.8 Å². The number of esters is 1. The van der Waals surface area contributed by atoms with Gasteiger partial charge in [-0.1, -0.05) is 12.1 Å². The lowest BCUT2D eigenvalue weighted by Gasteiger charge is -2.02. The normalized spacial score (nSPS) is 10.6. The van der Waals surface area contributed by atoms with Gasteiger partial charge in [0.05, 0.1) is 18.9 Å². The number of carbonyl (C=O) groups is 1. The summed E-state index contributed by atoms with van der Waals surface area (Å²) in [6.45, 7) is 3.80. The van der Waals surface area contributed by atoms with Crippen LogP contribution in [0.3, 0.4) is 0 Å². The smallest absolute Gasteiger partial charge is 0.337 e. The summed E-state index contributed by atoms with van der Waals surface area (Å²) in [5, 5.41) is 4.07. The van der Waals surface area contributed by atoms with E-state index in [4.69, 9.17) is 0 Å². The Hall–Kier alpha value is -2.76. The maximum atomic E-state index is 11.3. The summed E-state index contributed by atoms with van der Waals surface area (Å²) in [5.41, 5.74) is 5.88. The van der Waals surface area contributed by atoms with Gasteiger partial charge in [-0.15, -0.1) is 0 Å². The minimum Gasteiger partial charge on any atom is -0.465 e. The highest BCUT2D eigenvalue weighted by molar-refractivity contribution is 5.90. The molecule has 2 rings (SSSR count). The molecule has 108 valence electrons. The van der Waals surface area contributed by atoms with Crippen LogP contribution in [0.25, 0.3) is 0 Å². The second kappa shape index (κ2) is 6.60. The van der Waals surface area contributed by atoms with Gasteiger partial charge < -0.3 is 4.74 Å². The predicted molar refractivity (Wildman–Crippen MR) is 80.5 cm³/mol. The Morgan fingerprint density at radius 3 is 2.38 bits per heavy atom. The van der Waals surface area contributed by atoms with Gasteiger partial charge in [-0.2, -0.15) is 5.10 Å². The average Bonchev–Trinajstić information content (AvgIpc) is 2.46. The fraction of sp³-hybridized carbons (Fsp3) is 0.200. The zero-order valence-electron chi connectivity index (χ0n) is 12.1. The average molecular weight is 284 g/mol. The van der Waals surface area contributed by atoms with Crippen LogP contribution >= 0.6 is 0 Å². The van der Waals surface area contributed by atoms with Crippen molar-refractivity contribution < 1.29 is 9.53 Å². The maximum absolute atomic E-state index is 11.3. The largest absolute Gasteiger partial charge is 0.465 e. The highest BCUT2D eigenvalue weighted by Gasteiger charge is 2.03. The Balaban J connectivity index is 2.02. The van der Waals surface area contributed by atoms with E-state index in [1.54, 1.807) is 30.5 Å². The van der Waals surface area contributed by atoms with Crippen molar-refractivity contribution in [1.29, 1.82) is 0 Å². The number of aryl methyl sites for hydroxylation is 2. The van der Waals surface area contributed by atoms with Crippen molar-refractivity contribution in [3.05, 3.63) is 52.8 Å². The van der Waals surface area contributed by atoms with Gasteiger partial charge in [0.2, 0.25) is 5.95 Å². The second-order valence-electron chi connectivity index (χ2n) is 4.46. The summed E-state index contributed by atoms with van der Waals surface area (Å²) in [5.74, 6) is 0.0928. The highest BCUT2D eigenvalue weighted by Crippen LogP contribution is 2.05. The Kier molecular flexibility index (Phi) is 4.61. The van der Waals surface area contributed by atoms with Gasteiger partial charge in [0, 0.05) is 11.4 Å². The molecule has 0 radical (unpaired) electrons. The zero-order chi connectivity index (χ0) is 15.2. The van der Waals surface area contributed by atoms with E-state index < -0.39 is 0 Å². The van der Waals surface area contributed by atoms with Crippen LogP contribution in [0.4, 0.5) is 5.95 Å². The lowest BCUT2D eigenvalue weighted by atomic mass is 10.1. The number of nitrogens with one attached hydrogen (secondary N) is 1. The molecule has 6 heteroatoms. The first kappa shape index (κ1) is 14.6. The summed E-state index contributed by atoms with van der Waals surface area (Å²) < 4.78 is 4.64. The van der Waals surface area contributed by atoms with E-state index in [1.807, 2.05) is 19.9 Å². The Bertz CT molecular complexity index is 646. The van der Waals surface area contributed by atoms with E-state index >= 15 is 0 Å². The minimum atomic E-state index is -0.361. The first-order valence-corrected chi connectivity index (χ1v) is 6.38. The van der Waals surface area contributed by atoms with Crippen molar-refractivity contribution in [3.63, 3.8) is 0 Å². The fourth-order valence-corrected chi connectivity index (χ4v) is 1.76. The molecule has 0 bridgehead atoms. The van der Waals surface area contributed by atoms with Gasteiger partial charge in [0.1, 0.15) is 0 Å². The SMILES string of the molecule is COC(=O)c1ccc(/C=N/Nc2nc(C)cc(C)n2)cc1. The first-order valence-electron chi connectivity index (χ1n) is 6.38. The summed E-state index contributed by atoms with van der Waals surface area (Å²) in [7, 11) is 1.35. The summed E-state index contributed by atoms with van der Waals surface area (Å²) in [6.07, 6.45) is 1.63. The third-order valence-electron chi connectivity index (χ3n) is 2.69. The van der Waals surface area contributed by atoms with Gasteiger partial charge in [-0.3, -0.25) is 0 Å². The number of hydrogen-bond donors (Lipinski definition) is 1. The molecule has 0 aliphatic carbocycles. The monoisotopic (exact) mass is 284 g/mol. The highest BCUT2D eigenvalue weighted by atomic mass is 16.5. The summed E-state index contributed by atoms with van der Waals surface area (Å²) in [4.78, 5) is 19.7. The third-order valence-corrected chi connectivity index (χ3v) is 2.69. The molecule has 0 fully saturated rings. The number of aromatic nitrogens is 2. The number of benzene rings is 1. The molecule has 6 nitrogen and oxygen atoms in total. The molecule has 0 saturated carbocycles. The van der Waals surface area contributed by atoms with Gasteiger partial charge in [-0.25, -0.2) is 20.2 Å². The van der Waals surface area contributed by atoms with Crippen LogP contribution in [0.1, 0.15) is 27.3 Å². The van der Waals surface area contributed by atoms with Crippen molar-refractivity contribution in [2.75, 3.05) is 12.5 Å². The molecule has 0 unspecified atom stereocenters. The van der Waals surface area contributed by atoms with E-state index in [9.17, 15) is 4.79 Å². The van der Waals surface area contributed by atoms with E-state index in [2.05, 4.69) is 25.2 Å². The van der Waals surface area contributed by atoms with Gasteiger partial charge in [-0.05, 0) is 37.6 Å². The molecule has 0 saturated heterocycles. The molecule has 1 heterocycles. The number of hydrogen-bond acceptors (Lipinski definition) is 6. The van der Waals surface area contributed by atoms with Gasteiger partial charge in [0.25, 0.3) is 0 Å². The Morgan fingerprint density at radius 1 is 1.19 bits per heavy atom. The molecule has 0 spiro atoms. The van der Waals surface area contributed by atoms with Gasteiger partial charge in [0.15, 0.2) is 0 Å². The van der Waals surface area contributed by atoms with Crippen LogP contribution in [0.15, 0.2) is 35.4 Å². The van der Waals surface area contributed by atoms with Crippen LogP contribution in [-0.4, -0.2) is 29.3 Å². The predicted octanol–water partition coefficient (Wildman–Crippen LogP) is 2.33.